The van der Waals surface area contributed by atoms with Crippen molar-refractivity contribution in [3.63, 3.8) is 0 Å². The molecule has 0 aromatic heterocycles. The molecule has 0 bridgehead atoms. The molecular weight excluding hydrogens is 336 g/mol. The number of hydrogen-bond donors (Lipinski definition) is 0. The molecule has 1 aliphatic rings. The van der Waals surface area contributed by atoms with E-state index in [9.17, 15) is 4.79 Å². The molecule has 3 heteroatoms. The number of ether oxygens (including phenoxy) is 2. The van der Waals surface area contributed by atoms with Gasteiger partial charge in [-0.3, -0.25) is 4.79 Å². The minimum atomic E-state index is 0.106. The Labute approximate surface area is 158 Å². The van der Waals surface area contributed by atoms with Crippen LogP contribution in [0.5, 0.6) is 11.5 Å². The Bertz CT molecular complexity index is 1000. The monoisotopic (exact) mass is 356 g/mol. The Hall–Kier alpha value is -3.33. The number of benzene rings is 3. The fraction of sp³-hybridized carbons (Fsp3) is 0.125. The van der Waals surface area contributed by atoms with Gasteiger partial charge in [0.05, 0.1) is 7.11 Å². The minimum absolute atomic E-state index is 0.106. The van der Waals surface area contributed by atoms with Crippen LogP contribution in [0.25, 0.3) is 6.08 Å². The standard InChI is InChI=1S/C24H20O3/c1-26-23-14-18(11-12-22(23)27-16-17-7-3-2-4-8-17)13-20-15-19-9-5-6-10-21(19)24(20)25/h2-14H,15-16H2,1H3/b20-13+. The van der Waals surface area contributed by atoms with Crippen LogP contribution in [0.1, 0.15) is 27.0 Å². The maximum Gasteiger partial charge on any atom is 0.189 e. The number of carbonyl (C=O) groups is 1. The quantitative estimate of drug-likeness (QED) is 0.597. The highest BCUT2D eigenvalue weighted by molar-refractivity contribution is 6.15. The van der Waals surface area contributed by atoms with E-state index >= 15 is 0 Å². The van der Waals surface area contributed by atoms with Crippen molar-refractivity contribution in [1.29, 1.82) is 0 Å². The molecule has 3 nitrogen and oxygen atoms in total. The minimum Gasteiger partial charge on any atom is -0.493 e. The van der Waals surface area contributed by atoms with Crippen LogP contribution in [0, 0.1) is 0 Å². The first-order valence-corrected chi connectivity index (χ1v) is 8.92. The number of Topliss-reactive ketones (excluding diaryl/α,β-unsaturated/α-hetero) is 1. The average Bonchev–Trinajstić information content (AvgIpc) is 3.03. The first-order valence-electron chi connectivity index (χ1n) is 8.92. The van der Waals surface area contributed by atoms with Gasteiger partial charge in [0.1, 0.15) is 6.61 Å². The number of hydrogen-bond acceptors (Lipinski definition) is 3. The van der Waals surface area contributed by atoms with Crippen molar-refractivity contribution in [2.24, 2.45) is 0 Å². The highest BCUT2D eigenvalue weighted by atomic mass is 16.5. The molecular formula is C24H20O3. The summed E-state index contributed by atoms with van der Waals surface area (Å²) in [5.41, 5.74) is 4.72. The van der Waals surface area contributed by atoms with Gasteiger partial charge in [0.25, 0.3) is 0 Å². The summed E-state index contributed by atoms with van der Waals surface area (Å²) in [5, 5.41) is 0. The predicted molar refractivity (Wildman–Crippen MR) is 106 cm³/mol. The van der Waals surface area contributed by atoms with Crippen LogP contribution in [-0.2, 0) is 13.0 Å². The molecule has 0 saturated carbocycles. The zero-order valence-electron chi connectivity index (χ0n) is 15.1. The van der Waals surface area contributed by atoms with Crippen molar-refractivity contribution in [1.82, 2.24) is 0 Å². The molecule has 0 radical (unpaired) electrons. The molecule has 0 amide bonds. The third kappa shape index (κ3) is 3.63. The molecule has 3 aromatic rings. The van der Waals surface area contributed by atoms with Crippen molar-refractivity contribution in [3.8, 4) is 11.5 Å². The van der Waals surface area contributed by atoms with Gasteiger partial charge in [-0.25, -0.2) is 0 Å². The van der Waals surface area contributed by atoms with Gasteiger partial charge in [-0.15, -0.1) is 0 Å². The lowest BCUT2D eigenvalue weighted by Crippen LogP contribution is -1.98. The van der Waals surface area contributed by atoms with Crippen molar-refractivity contribution in [2.75, 3.05) is 7.11 Å². The molecule has 0 saturated heterocycles. The van der Waals surface area contributed by atoms with Gasteiger partial charge in [0.2, 0.25) is 0 Å². The lowest BCUT2D eigenvalue weighted by Gasteiger charge is -2.11. The van der Waals surface area contributed by atoms with Crippen LogP contribution in [0.2, 0.25) is 0 Å². The highest BCUT2D eigenvalue weighted by Gasteiger charge is 2.24. The van der Waals surface area contributed by atoms with Crippen LogP contribution < -0.4 is 9.47 Å². The van der Waals surface area contributed by atoms with E-state index in [-0.39, 0.29) is 5.78 Å². The van der Waals surface area contributed by atoms with Gasteiger partial charge in [-0.2, -0.15) is 0 Å². The van der Waals surface area contributed by atoms with E-state index in [2.05, 4.69) is 0 Å². The zero-order chi connectivity index (χ0) is 18.6. The molecule has 1 aliphatic carbocycles. The summed E-state index contributed by atoms with van der Waals surface area (Å²) in [6.07, 6.45) is 2.61. The number of methoxy groups -OCH3 is 1. The molecule has 0 spiro atoms. The summed E-state index contributed by atoms with van der Waals surface area (Å²) in [4.78, 5) is 12.6. The normalized spacial score (nSPS) is 14.3. The molecule has 0 fully saturated rings. The summed E-state index contributed by atoms with van der Waals surface area (Å²) in [7, 11) is 1.62. The number of carbonyl (C=O) groups excluding carboxylic acids is 1. The highest BCUT2D eigenvalue weighted by Crippen LogP contribution is 2.32. The lowest BCUT2D eigenvalue weighted by molar-refractivity contribution is 0.104. The van der Waals surface area contributed by atoms with Crippen molar-refractivity contribution in [2.45, 2.75) is 13.0 Å². The van der Waals surface area contributed by atoms with Crippen LogP contribution in [-0.4, -0.2) is 12.9 Å². The Balaban J connectivity index is 1.54. The Morgan fingerprint density at radius 3 is 2.48 bits per heavy atom. The van der Waals surface area contributed by atoms with E-state index in [1.54, 1.807) is 7.11 Å². The first-order chi connectivity index (χ1) is 13.2. The fourth-order valence-electron chi connectivity index (χ4n) is 3.30. The topological polar surface area (TPSA) is 35.5 Å². The smallest absolute Gasteiger partial charge is 0.189 e. The molecule has 3 aromatic carbocycles. The summed E-state index contributed by atoms with van der Waals surface area (Å²) in [5.74, 6) is 1.45. The molecule has 0 N–H and O–H groups in total. The van der Waals surface area contributed by atoms with Gasteiger partial charge in [0.15, 0.2) is 17.3 Å². The van der Waals surface area contributed by atoms with Gasteiger partial charge in [-0.1, -0.05) is 60.7 Å². The summed E-state index contributed by atoms with van der Waals surface area (Å²) in [6.45, 7) is 0.478. The van der Waals surface area contributed by atoms with Gasteiger partial charge >= 0.3 is 0 Å². The Morgan fingerprint density at radius 2 is 1.70 bits per heavy atom. The van der Waals surface area contributed by atoms with Crippen LogP contribution in [0.15, 0.2) is 78.4 Å². The second-order valence-corrected chi connectivity index (χ2v) is 6.52. The van der Waals surface area contributed by atoms with E-state index in [1.807, 2.05) is 78.9 Å². The van der Waals surface area contributed by atoms with Crippen LogP contribution in [0.3, 0.4) is 0 Å². The second-order valence-electron chi connectivity index (χ2n) is 6.52. The van der Waals surface area contributed by atoms with Crippen molar-refractivity contribution >= 4 is 11.9 Å². The van der Waals surface area contributed by atoms with Crippen LogP contribution in [0.4, 0.5) is 0 Å². The third-order valence-electron chi connectivity index (χ3n) is 4.70. The molecule has 0 heterocycles. The van der Waals surface area contributed by atoms with Gasteiger partial charge in [0, 0.05) is 17.6 Å². The van der Waals surface area contributed by atoms with Gasteiger partial charge < -0.3 is 9.47 Å². The number of rotatable bonds is 5. The number of allylic oxidation sites excluding steroid dienone is 1. The van der Waals surface area contributed by atoms with E-state index < -0.39 is 0 Å². The van der Waals surface area contributed by atoms with Crippen molar-refractivity contribution < 1.29 is 14.3 Å². The predicted octanol–water partition coefficient (Wildman–Crippen LogP) is 5.10. The molecule has 0 atom stereocenters. The van der Waals surface area contributed by atoms with Gasteiger partial charge in [-0.05, 0) is 34.9 Å². The fourth-order valence-corrected chi connectivity index (χ4v) is 3.30. The lowest BCUT2D eigenvalue weighted by atomic mass is 10.1. The molecule has 134 valence electrons. The number of fused-ring (bicyclic) bond motifs is 1. The average molecular weight is 356 g/mol. The van der Waals surface area contributed by atoms with E-state index in [0.29, 0.717) is 24.5 Å². The Kier molecular flexibility index (Phi) is 4.75. The third-order valence-corrected chi connectivity index (χ3v) is 4.70. The second kappa shape index (κ2) is 7.50. The summed E-state index contributed by atoms with van der Waals surface area (Å²) in [6, 6.07) is 23.5. The molecule has 0 aliphatic heterocycles. The zero-order valence-corrected chi connectivity index (χ0v) is 15.1. The molecule has 27 heavy (non-hydrogen) atoms. The Morgan fingerprint density at radius 1 is 0.926 bits per heavy atom. The number of ketones is 1. The SMILES string of the molecule is COc1cc(/C=C2\Cc3ccccc3C2=O)ccc1OCc1ccccc1. The molecule has 0 unspecified atom stereocenters. The van der Waals surface area contributed by atoms with Crippen LogP contribution >= 0.6 is 0 Å². The van der Waals surface area contributed by atoms with E-state index in [0.717, 1.165) is 27.8 Å². The molecule has 4 rings (SSSR count). The first kappa shape index (κ1) is 17.1. The summed E-state index contributed by atoms with van der Waals surface area (Å²) < 4.78 is 11.4. The van der Waals surface area contributed by atoms with E-state index in [1.165, 1.54) is 0 Å². The largest absolute Gasteiger partial charge is 0.493 e. The maximum absolute atomic E-state index is 12.6. The van der Waals surface area contributed by atoms with E-state index in [4.69, 9.17) is 9.47 Å². The van der Waals surface area contributed by atoms with Crippen molar-refractivity contribution in [3.05, 3.63) is 101 Å². The maximum atomic E-state index is 12.6. The summed E-state index contributed by atoms with van der Waals surface area (Å²) >= 11 is 0.